The Hall–Kier alpha value is -3.46. The van der Waals surface area contributed by atoms with E-state index in [0.717, 1.165) is 4.57 Å². The Labute approximate surface area is 137 Å². The summed E-state index contributed by atoms with van der Waals surface area (Å²) in [5.41, 5.74) is 0.386. The van der Waals surface area contributed by atoms with E-state index in [1.54, 1.807) is 48.5 Å². The van der Waals surface area contributed by atoms with Gasteiger partial charge in [0.05, 0.1) is 24.1 Å². The van der Waals surface area contributed by atoms with Gasteiger partial charge in [-0.15, -0.1) is 0 Å². The van der Waals surface area contributed by atoms with Crippen LogP contribution in [0.5, 0.6) is 5.75 Å². The van der Waals surface area contributed by atoms with Crippen LogP contribution in [0.1, 0.15) is 16.2 Å². The fourth-order valence-corrected chi connectivity index (χ4v) is 2.43. The molecular weight excluding hydrogens is 306 g/mol. The van der Waals surface area contributed by atoms with Gasteiger partial charge in [-0.2, -0.15) is 5.26 Å². The van der Waals surface area contributed by atoms with Crippen LogP contribution in [0.3, 0.4) is 0 Å². The van der Waals surface area contributed by atoms with Crippen LogP contribution in [0.4, 0.5) is 0 Å². The topological polar surface area (TPSA) is 85.0 Å². The van der Waals surface area contributed by atoms with Crippen LogP contribution in [0, 0.1) is 11.3 Å². The molecular formula is C18H13N3O3. The summed E-state index contributed by atoms with van der Waals surface area (Å²) in [5, 5.41) is 9.37. The quantitative estimate of drug-likeness (QED) is 0.688. The highest BCUT2D eigenvalue weighted by Gasteiger charge is 2.18. The van der Waals surface area contributed by atoms with E-state index in [9.17, 15) is 9.59 Å². The first-order chi connectivity index (χ1) is 11.7. The number of ether oxygens (including phenoxy) is 1. The van der Waals surface area contributed by atoms with Gasteiger partial charge in [0.1, 0.15) is 12.3 Å². The van der Waals surface area contributed by atoms with E-state index in [4.69, 9.17) is 10.00 Å². The van der Waals surface area contributed by atoms with Gasteiger partial charge in [0.25, 0.3) is 5.56 Å². The number of aromatic nitrogens is 2. The van der Waals surface area contributed by atoms with Gasteiger partial charge in [-0.05, 0) is 36.4 Å². The van der Waals surface area contributed by atoms with Crippen molar-refractivity contribution in [2.24, 2.45) is 0 Å². The van der Waals surface area contributed by atoms with Crippen LogP contribution in [0.25, 0.3) is 10.9 Å². The van der Waals surface area contributed by atoms with Gasteiger partial charge in [-0.25, -0.2) is 4.98 Å². The lowest BCUT2D eigenvalue weighted by Crippen LogP contribution is -2.28. The predicted molar refractivity (Wildman–Crippen MR) is 88.0 cm³/mol. The molecule has 0 amide bonds. The van der Waals surface area contributed by atoms with E-state index < -0.39 is 11.3 Å². The maximum Gasteiger partial charge on any atom is 0.262 e. The van der Waals surface area contributed by atoms with Crippen molar-refractivity contribution in [2.45, 2.75) is 6.54 Å². The Morgan fingerprint density at radius 2 is 1.92 bits per heavy atom. The molecule has 0 aliphatic heterocycles. The number of ketones is 1. The summed E-state index contributed by atoms with van der Waals surface area (Å²) in [6, 6.07) is 15.2. The largest absolute Gasteiger partial charge is 0.497 e. The number of carbonyl (C=O) groups is 1. The molecule has 0 saturated carbocycles. The molecule has 0 saturated heterocycles. The van der Waals surface area contributed by atoms with Crippen molar-refractivity contribution in [1.29, 1.82) is 5.26 Å². The molecule has 0 bridgehead atoms. The lowest BCUT2D eigenvalue weighted by Gasteiger charge is -2.10. The molecule has 3 aromatic rings. The minimum absolute atomic E-state index is 0.0505. The zero-order valence-corrected chi connectivity index (χ0v) is 12.9. The molecule has 6 nitrogen and oxygen atoms in total. The maximum absolute atomic E-state index is 12.8. The molecule has 1 aromatic heterocycles. The number of nitriles is 1. The molecule has 0 spiro atoms. The fraction of sp³-hybridized carbons (Fsp3) is 0.111. The number of benzene rings is 2. The second-order valence-electron chi connectivity index (χ2n) is 5.06. The summed E-state index contributed by atoms with van der Waals surface area (Å²) in [6.45, 7) is -0.242. The summed E-state index contributed by atoms with van der Waals surface area (Å²) in [6.07, 6.45) is 0. The van der Waals surface area contributed by atoms with Crippen molar-refractivity contribution >= 4 is 16.7 Å². The third-order valence-corrected chi connectivity index (χ3v) is 3.65. The average molecular weight is 319 g/mol. The Kier molecular flexibility index (Phi) is 4.08. The summed E-state index contributed by atoms with van der Waals surface area (Å²) in [4.78, 5) is 29.6. The minimum Gasteiger partial charge on any atom is -0.497 e. The average Bonchev–Trinajstić information content (AvgIpc) is 2.63. The minimum atomic E-state index is -0.421. The highest BCUT2D eigenvalue weighted by Crippen LogP contribution is 2.15. The Balaban J connectivity index is 2.19. The molecule has 0 aliphatic rings. The molecule has 0 N–H and O–H groups in total. The van der Waals surface area contributed by atoms with Crippen molar-refractivity contribution in [3.05, 3.63) is 70.3 Å². The van der Waals surface area contributed by atoms with E-state index in [0.29, 0.717) is 22.2 Å². The highest BCUT2D eigenvalue weighted by molar-refractivity contribution is 6.07. The van der Waals surface area contributed by atoms with Gasteiger partial charge >= 0.3 is 0 Å². The van der Waals surface area contributed by atoms with Crippen LogP contribution in [-0.2, 0) is 6.54 Å². The standard InChI is InChI=1S/C18H13N3O3/c1-24-13-8-6-12(7-9-13)16(22)17-20-15-5-3-2-4-14(15)18(23)21(17)11-10-19/h2-9H,11H2,1H3. The SMILES string of the molecule is COc1ccc(C(=O)c2nc3ccccc3c(=O)n2CC#N)cc1. The zero-order valence-electron chi connectivity index (χ0n) is 12.9. The molecule has 1 heterocycles. The van der Waals surface area contributed by atoms with Crippen molar-refractivity contribution in [2.75, 3.05) is 7.11 Å². The number of hydrogen-bond acceptors (Lipinski definition) is 5. The Morgan fingerprint density at radius 1 is 1.21 bits per heavy atom. The first kappa shape index (κ1) is 15.4. The van der Waals surface area contributed by atoms with Gasteiger partial charge in [-0.1, -0.05) is 12.1 Å². The summed E-state index contributed by atoms with van der Waals surface area (Å²) >= 11 is 0. The van der Waals surface area contributed by atoms with Gasteiger partial charge in [0.2, 0.25) is 5.78 Å². The molecule has 0 aliphatic carbocycles. The molecule has 118 valence electrons. The van der Waals surface area contributed by atoms with Gasteiger partial charge in [0.15, 0.2) is 5.82 Å². The number of rotatable bonds is 4. The summed E-state index contributed by atoms with van der Waals surface area (Å²) in [5.74, 6) is 0.147. The van der Waals surface area contributed by atoms with E-state index in [2.05, 4.69) is 4.98 Å². The van der Waals surface area contributed by atoms with Gasteiger partial charge < -0.3 is 4.74 Å². The van der Waals surface area contributed by atoms with Crippen LogP contribution < -0.4 is 10.3 Å². The maximum atomic E-state index is 12.8. The van der Waals surface area contributed by atoms with E-state index in [1.165, 1.54) is 7.11 Å². The highest BCUT2D eigenvalue weighted by atomic mass is 16.5. The fourth-order valence-electron chi connectivity index (χ4n) is 2.43. The number of para-hydroxylation sites is 1. The first-order valence-corrected chi connectivity index (χ1v) is 7.21. The van der Waals surface area contributed by atoms with E-state index in [-0.39, 0.29) is 12.4 Å². The molecule has 2 aromatic carbocycles. The van der Waals surface area contributed by atoms with Gasteiger partial charge in [-0.3, -0.25) is 14.2 Å². The second-order valence-corrected chi connectivity index (χ2v) is 5.06. The predicted octanol–water partition coefficient (Wildman–Crippen LogP) is 2.16. The van der Waals surface area contributed by atoms with Crippen molar-refractivity contribution in [3.63, 3.8) is 0 Å². The zero-order chi connectivity index (χ0) is 17.1. The number of hydrogen-bond donors (Lipinski definition) is 0. The molecule has 0 unspecified atom stereocenters. The lowest BCUT2D eigenvalue weighted by molar-refractivity contribution is 0.102. The van der Waals surface area contributed by atoms with Crippen molar-refractivity contribution < 1.29 is 9.53 Å². The molecule has 0 atom stereocenters. The molecule has 3 rings (SSSR count). The number of nitrogens with zero attached hydrogens (tertiary/aromatic N) is 3. The van der Waals surface area contributed by atoms with Crippen LogP contribution in [0.2, 0.25) is 0 Å². The number of methoxy groups -OCH3 is 1. The van der Waals surface area contributed by atoms with Crippen LogP contribution in [0.15, 0.2) is 53.3 Å². The number of carbonyl (C=O) groups excluding carboxylic acids is 1. The van der Waals surface area contributed by atoms with Crippen LogP contribution >= 0.6 is 0 Å². The lowest BCUT2D eigenvalue weighted by atomic mass is 10.1. The molecule has 24 heavy (non-hydrogen) atoms. The molecule has 0 fully saturated rings. The first-order valence-electron chi connectivity index (χ1n) is 7.21. The number of fused-ring (bicyclic) bond motifs is 1. The van der Waals surface area contributed by atoms with Crippen molar-refractivity contribution in [3.8, 4) is 11.8 Å². The van der Waals surface area contributed by atoms with Gasteiger partial charge in [0, 0.05) is 5.56 Å². The Bertz CT molecular complexity index is 1010. The molecule has 6 heteroatoms. The third kappa shape index (κ3) is 2.63. The summed E-state index contributed by atoms with van der Waals surface area (Å²) < 4.78 is 6.17. The second kappa shape index (κ2) is 6.34. The normalized spacial score (nSPS) is 10.3. The Morgan fingerprint density at radius 3 is 2.58 bits per heavy atom. The van der Waals surface area contributed by atoms with E-state index in [1.807, 2.05) is 6.07 Å². The third-order valence-electron chi connectivity index (χ3n) is 3.65. The van der Waals surface area contributed by atoms with Crippen molar-refractivity contribution in [1.82, 2.24) is 9.55 Å². The molecule has 0 radical (unpaired) electrons. The van der Waals surface area contributed by atoms with E-state index >= 15 is 0 Å². The monoisotopic (exact) mass is 319 g/mol. The summed E-state index contributed by atoms with van der Waals surface area (Å²) in [7, 11) is 1.53. The smallest absolute Gasteiger partial charge is 0.262 e. The van der Waals surface area contributed by atoms with Crippen LogP contribution in [-0.4, -0.2) is 22.4 Å².